The first-order chi connectivity index (χ1) is 10.2. The second kappa shape index (κ2) is 7.46. The fraction of sp³-hybridized carbons (Fsp3) is 0.231. The van der Waals surface area contributed by atoms with Gasteiger partial charge in [0.05, 0.1) is 12.5 Å². The fourth-order valence-electron chi connectivity index (χ4n) is 1.52. The summed E-state index contributed by atoms with van der Waals surface area (Å²) in [6.45, 7) is 0.878. The number of carbonyl (C=O) groups is 2. The van der Waals surface area contributed by atoms with Crippen molar-refractivity contribution in [2.24, 2.45) is 0 Å². The predicted octanol–water partition coefficient (Wildman–Crippen LogP) is 0.770. The van der Waals surface area contributed by atoms with Gasteiger partial charge < -0.3 is 15.2 Å². The molecule has 0 fully saturated rings. The SMILES string of the molecule is COc1cccc(C(C)=CS(=O)(=O)NC(=O)NCC(=O)O)c1. The molecule has 0 heterocycles. The van der Waals surface area contributed by atoms with Crippen molar-refractivity contribution in [3.63, 3.8) is 0 Å². The summed E-state index contributed by atoms with van der Waals surface area (Å²) in [5, 5.41) is 11.2. The number of benzene rings is 1. The van der Waals surface area contributed by atoms with Gasteiger partial charge in [-0.3, -0.25) is 4.79 Å². The number of carboxylic acids is 1. The summed E-state index contributed by atoms with van der Waals surface area (Å²) in [6, 6.07) is 5.63. The number of ether oxygens (including phenoxy) is 1. The Morgan fingerprint density at radius 3 is 2.64 bits per heavy atom. The molecule has 0 aliphatic carbocycles. The number of nitrogens with one attached hydrogen (secondary N) is 2. The molecule has 0 aliphatic rings. The van der Waals surface area contributed by atoms with Crippen molar-refractivity contribution >= 4 is 27.6 Å². The molecular weight excluding hydrogens is 312 g/mol. The first-order valence-corrected chi connectivity index (χ1v) is 7.63. The normalized spacial score (nSPS) is 11.6. The van der Waals surface area contributed by atoms with Gasteiger partial charge in [-0.2, -0.15) is 0 Å². The number of methoxy groups -OCH3 is 1. The molecule has 0 atom stereocenters. The summed E-state index contributed by atoms with van der Waals surface area (Å²) in [7, 11) is -2.56. The maximum atomic E-state index is 11.8. The van der Waals surface area contributed by atoms with Crippen molar-refractivity contribution in [2.45, 2.75) is 6.92 Å². The van der Waals surface area contributed by atoms with Crippen molar-refractivity contribution in [1.82, 2.24) is 10.0 Å². The minimum Gasteiger partial charge on any atom is -0.497 e. The van der Waals surface area contributed by atoms with Gasteiger partial charge in [-0.25, -0.2) is 17.9 Å². The van der Waals surface area contributed by atoms with Crippen molar-refractivity contribution in [3.8, 4) is 5.75 Å². The number of rotatable bonds is 6. The first kappa shape index (κ1) is 17.5. The molecule has 0 saturated carbocycles. The third-order valence-electron chi connectivity index (χ3n) is 2.49. The van der Waals surface area contributed by atoms with Crippen LogP contribution in [-0.2, 0) is 14.8 Å². The van der Waals surface area contributed by atoms with Gasteiger partial charge in [0.25, 0.3) is 10.0 Å². The van der Waals surface area contributed by atoms with Crippen molar-refractivity contribution < 1.29 is 27.9 Å². The zero-order chi connectivity index (χ0) is 16.8. The van der Waals surface area contributed by atoms with Crippen LogP contribution in [0.15, 0.2) is 29.7 Å². The number of urea groups is 1. The molecule has 0 bridgehead atoms. The van der Waals surface area contributed by atoms with Crippen molar-refractivity contribution in [2.75, 3.05) is 13.7 Å². The highest BCUT2D eigenvalue weighted by atomic mass is 32.2. The third-order valence-corrected chi connectivity index (χ3v) is 3.63. The number of sulfonamides is 1. The Labute approximate surface area is 127 Å². The lowest BCUT2D eigenvalue weighted by molar-refractivity contribution is -0.135. The van der Waals surface area contributed by atoms with Crippen LogP contribution in [0.2, 0.25) is 0 Å². The fourth-order valence-corrected chi connectivity index (χ4v) is 2.51. The molecule has 1 aromatic rings. The molecule has 8 nitrogen and oxygen atoms in total. The second-order valence-electron chi connectivity index (χ2n) is 4.26. The van der Waals surface area contributed by atoms with E-state index in [2.05, 4.69) is 0 Å². The summed E-state index contributed by atoms with van der Waals surface area (Å²) in [6.07, 6.45) is 0. The molecule has 9 heteroatoms. The largest absolute Gasteiger partial charge is 0.497 e. The maximum absolute atomic E-state index is 11.8. The van der Waals surface area contributed by atoms with Crippen LogP contribution in [0.1, 0.15) is 12.5 Å². The van der Waals surface area contributed by atoms with E-state index in [0.29, 0.717) is 16.9 Å². The molecule has 0 aromatic heterocycles. The van der Waals surface area contributed by atoms with Gasteiger partial charge in [0, 0.05) is 0 Å². The van der Waals surface area contributed by atoms with E-state index in [1.165, 1.54) is 7.11 Å². The number of carbonyl (C=O) groups excluding carboxylic acids is 1. The highest BCUT2D eigenvalue weighted by Gasteiger charge is 2.13. The van der Waals surface area contributed by atoms with Crippen LogP contribution in [0.5, 0.6) is 5.75 Å². The highest BCUT2D eigenvalue weighted by molar-refractivity contribution is 7.93. The van der Waals surface area contributed by atoms with E-state index in [0.717, 1.165) is 5.41 Å². The van der Waals surface area contributed by atoms with Gasteiger partial charge in [-0.1, -0.05) is 12.1 Å². The van der Waals surface area contributed by atoms with Crippen LogP contribution in [0.4, 0.5) is 4.79 Å². The van der Waals surface area contributed by atoms with E-state index in [4.69, 9.17) is 9.84 Å². The van der Waals surface area contributed by atoms with Crippen LogP contribution in [-0.4, -0.2) is 39.2 Å². The zero-order valence-corrected chi connectivity index (χ0v) is 12.8. The standard InChI is InChI=1S/C13H16N2O6S/c1-9(10-4-3-5-11(6-10)21-2)8-22(19,20)15-13(18)14-7-12(16)17/h3-6,8H,7H2,1-2H3,(H,16,17)(H2,14,15,18). The average Bonchev–Trinajstić information content (AvgIpc) is 2.44. The molecule has 3 N–H and O–H groups in total. The Kier molecular flexibility index (Phi) is 5.93. The Hall–Kier alpha value is -2.55. The zero-order valence-electron chi connectivity index (χ0n) is 12.0. The summed E-state index contributed by atoms with van der Waals surface area (Å²) >= 11 is 0. The van der Waals surface area contributed by atoms with Gasteiger partial charge >= 0.3 is 12.0 Å². The first-order valence-electron chi connectivity index (χ1n) is 6.08. The molecule has 120 valence electrons. The van der Waals surface area contributed by atoms with E-state index in [1.807, 2.05) is 5.32 Å². The van der Waals surface area contributed by atoms with Crippen LogP contribution < -0.4 is 14.8 Å². The minimum atomic E-state index is -4.05. The predicted molar refractivity (Wildman–Crippen MR) is 79.7 cm³/mol. The smallest absolute Gasteiger partial charge is 0.329 e. The van der Waals surface area contributed by atoms with Gasteiger partial charge in [-0.15, -0.1) is 0 Å². The lowest BCUT2D eigenvalue weighted by Crippen LogP contribution is -2.40. The van der Waals surface area contributed by atoms with Crippen LogP contribution in [0, 0.1) is 0 Å². The van der Waals surface area contributed by atoms with Crippen LogP contribution >= 0.6 is 0 Å². The Balaban J connectivity index is 2.84. The number of aliphatic carboxylic acids is 1. The van der Waals surface area contributed by atoms with Crippen LogP contribution in [0.25, 0.3) is 5.57 Å². The summed E-state index contributed by atoms with van der Waals surface area (Å²) in [5.74, 6) is -0.717. The molecule has 0 saturated heterocycles. The number of allylic oxidation sites excluding steroid dienone is 1. The maximum Gasteiger partial charge on any atom is 0.329 e. The van der Waals surface area contributed by atoms with E-state index >= 15 is 0 Å². The van der Waals surface area contributed by atoms with E-state index in [-0.39, 0.29) is 0 Å². The van der Waals surface area contributed by atoms with E-state index in [1.54, 1.807) is 35.9 Å². The number of hydrogen-bond donors (Lipinski definition) is 3. The van der Waals surface area contributed by atoms with Crippen LogP contribution in [0.3, 0.4) is 0 Å². The molecule has 1 aromatic carbocycles. The van der Waals surface area contributed by atoms with E-state index < -0.39 is 28.6 Å². The van der Waals surface area contributed by atoms with Crippen molar-refractivity contribution in [1.29, 1.82) is 0 Å². The molecule has 0 spiro atoms. The Bertz CT molecular complexity index is 696. The second-order valence-corrected chi connectivity index (χ2v) is 5.79. The summed E-state index contributed by atoms with van der Waals surface area (Å²) < 4.78 is 30.3. The van der Waals surface area contributed by atoms with E-state index in [9.17, 15) is 18.0 Å². The summed E-state index contributed by atoms with van der Waals surface area (Å²) in [4.78, 5) is 21.5. The average molecular weight is 328 g/mol. The van der Waals surface area contributed by atoms with Gasteiger partial charge in [-0.05, 0) is 30.2 Å². The molecular formula is C13H16N2O6S. The topological polar surface area (TPSA) is 122 Å². The van der Waals surface area contributed by atoms with Gasteiger partial charge in [0.15, 0.2) is 0 Å². The molecule has 0 unspecified atom stereocenters. The van der Waals surface area contributed by atoms with Gasteiger partial charge in [0.2, 0.25) is 0 Å². The highest BCUT2D eigenvalue weighted by Crippen LogP contribution is 2.20. The lowest BCUT2D eigenvalue weighted by atomic mass is 10.1. The molecule has 0 radical (unpaired) electrons. The van der Waals surface area contributed by atoms with Gasteiger partial charge in [0.1, 0.15) is 12.3 Å². The minimum absolute atomic E-state index is 0.387. The lowest BCUT2D eigenvalue weighted by Gasteiger charge is -2.07. The molecule has 2 amide bonds. The quantitative estimate of drug-likeness (QED) is 0.709. The van der Waals surface area contributed by atoms with Crippen molar-refractivity contribution in [3.05, 3.63) is 35.2 Å². The Morgan fingerprint density at radius 2 is 2.05 bits per heavy atom. The Morgan fingerprint density at radius 1 is 1.36 bits per heavy atom. The third kappa shape index (κ3) is 5.83. The molecule has 0 aliphatic heterocycles. The number of amides is 2. The summed E-state index contributed by atoms with van der Waals surface area (Å²) in [5.41, 5.74) is 0.994. The number of carboxylic acid groups (broad SMARTS) is 1. The number of hydrogen-bond acceptors (Lipinski definition) is 5. The molecule has 22 heavy (non-hydrogen) atoms. The monoisotopic (exact) mass is 328 g/mol. The molecule has 1 rings (SSSR count).